The predicted molar refractivity (Wildman–Crippen MR) is 81.4 cm³/mol. The molecule has 0 amide bonds. The molecule has 4 nitrogen and oxygen atoms in total. The van der Waals surface area contributed by atoms with Gasteiger partial charge in [-0.3, -0.25) is 4.57 Å². The van der Waals surface area contributed by atoms with Gasteiger partial charge in [-0.15, -0.1) is 0 Å². The number of benzene rings is 2. The van der Waals surface area contributed by atoms with E-state index in [1.165, 1.54) is 0 Å². The number of nitrogens with zero attached hydrogens (tertiary/aromatic N) is 2. The Kier molecular flexibility index (Phi) is 3.30. The molecule has 0 aliphatic rings. The van der Waals surface area contributed by atoms with Crippen LogP contribution >= 0.6 is 23.2 Å². The summed E-state index contributed by atoms with van der Waals surface area (Å²) in [5.41, 5.74) is 8.68. The number of rotatable bonds is 2. The first-order valence-electron chi connectivity index (χ1n) is 5.92. The monoisotopic (exact) mass is 307 g/mol. The van der Waals surface area contributed by atoms with Gasteiger partial charge in [0.1, 0.15) is 12.4 Å². The van der Waals surface area contributed by atoms with Crippen molar-refractivity contribution in [3.63, 3.8) is 0 Å². The number of aromatic nitrogens is 2. The van der Waals surface area contributed by atoms with Gasteiger partial charge in [-0.1, -0.05) is 23.2 Å². The first-order valence-corrected chi connectivity index (χ1v) is 6.68. The zero-order valence-electron chi connectivity index (χ0n) is 10.3. The first-order chi connectivity index (χ1) is 9.58. The standard InChI is InChI=1S/C14H11Cl2N3O/c15-8-3-9(16)5-11(4-8)19-13-2-1-10(17)6-12(13)18-14(19)7-20/h1-6,20H,7,17H2. The molecule has 3 rings (SSSR count). The molecule has 0 saturated heterocycles. The van der Waals surface area contributed by atoms with Gasteiger partial charge in [0.25, 0.3) is 0 Å². The lowest BCUT2D eigenvalue weighted by molar-refractivity contribution is 0.270. The highest BCUT2D eigenvalue weighted by Gasteiger charge is 2.13. The SMILES string of the molecule is Nc1ccc2c(c1)nc(CO)n2-c1cc(Cl)cc(Cl)c1. The third kappa shape index (κ3) is 2.22. The van der Waals surface area contributed by atoms with Crippen LogP contribution in [0.5, 0.6) is 0 Å². The average Bonchev–Trinajstić information content (AvgIpc) is 2.74. The number of aliphatic hydroxyl groups excluding tert-OH is 1. The second-order valence-corrected chi connectivity index (χ2v) is 5.27. The highest BCUT2D eigenvalue weighted by molar-refractivity contribution is 6.34. The molecule has 0 aliphatic heterocycles. The van der Waals surface area contributed by atoms with Gasteiger partial charge in [-0.05, 0) is 36.4 Å². The molecule has 3 N–H and O–H groups in total. The highest BCUT2D eigenvalue weighted by Crippen LogP contribution is 2.27. The van der Waals surface area contributed by atoms with E-state index in [1.54, 1.807) is 30.3 Å². The third-order valence-electron chi connectivity index (χ3n) is 2.99. The molecule has 1 aromatic heterocycles. The lowest BCUT2D eigenvalue weighted by Gasteiger charge is -2.09. The Hall–Kier alpha value is -1.75. The number of aliphatic hydroxyl groups is 1. The number of halogens is 2. The number of anilines is 1. The number of nitrogen functional groups attached to an aromatic ring is 1. The van der Waals surface area contributed by atoms with Gasteiger partial charge in [0, 0.05) is 15.7 Å². The van der Waals surface area contributed by atoms with Gasteiger partial charge in [-0.25, -0.2) is 4.98 Å². The minimum atomic E-state index is -0.196. The number of nitrogens with two attached hydrogens (primary N) is 1. The second-order valence-electron chi connectivity index (χ2n) is 4.40. The number of hydrogen-bond donors (Lipinski definition) is 2. The lowest BCUT2D eigenvalue weighted by atomic mass is 10.2. The van der Waals surface area contributed by atoms with Crippen molar-refractivity contribution in [3.05, 3.63) is 52.3 Å². The van der Waals surface area contributed by atoms with Crippen molar-refractivity contribution in [3.8, 4) is 5.69 Å². The van der Waals surface area contributed by atoms with Crippen molar-refractivity contribution in [2.75, 3.05) is 5.73 Å². The van der Waals surface area contributed by atoms with E-state index >= 15 is 0 Å². The van der Waals surface area contributed by atoms with E-state index in [4.69, 9.17) is 28.9 Å². The Labute approximate surface area is 125 Å². The fourth-order valence-electron chi connectivity index (χ4n) is 2.21. The van der Waals surface area contributed by atoms with Crippen LogP contribution in [0.1, 0.15) is 5.82 Å². The van der Waals surface area contributed by atoms with Crippen molar-refractivity contribution in [2.24, 2.45) is 0 Å². The van der Waals surface area contributed by atoms with Crippen LogP contribution in [0.15, 0.2) is 36.4 Å². The number of imidazole rings is 1. The van der Waals surface area contributed by atoms with Crippen molar-refractivity contribution in [1.82, 2.24) is 9.55 Å². The minimum Gasteiger partial charge on any atom is -0.399 e. The maximum atomic E-state index is 9.51. The van der Waals surface area contributed by atoms with E-state index in [9.17, 15) is 5.11 Å². The van der Waals surface area contributed by atoms with Gasteiger partial charge in [-0.2, -0.15) is 0 Å². The molecule has 6 heteroatoms. The number of hydrogen-bond acceptors (Lipinski definition) is 3. The Morgan fingerprint density at radius 1 is 1.10 bits per heavy atom. The van der Waals surface area contributed by atoms with Crippen LogP contribution in [0.25, 0.3) is 16.7 Å². The Morgan fingerprint density at radius 2 is 1.80 bits per heavy atom. The molecule has 0 saturated carbocycles. The molecular weight excluding hydrogens is 297 g/mol. The summed E-state index contributed by atoms with van der Waals surface area (Å²) in [7, 11) is 0. The smallest absolute Gasteiger partial charge is 0.140 e. The molecular formula is C14H11Cl2N3O. The highest BCUT2D eigenvalue weighted by atomic mass is 35.5. The van der Waals surface area contributed by atoms with E-state index in [1.807, 2.05) is 10.6 Å². The Bertz CT molecular complexity index is 778. The van der Waals surface area contributed by atoms with Crippen LogP contribution in [-0.4, -0.2) is 14.7 Å². The van der Waals surface area contributed by atoms with Crippen LogP contribution in [0.3, 0.4) is 0 Å². The normalized spacial score (nSPS) is 11.2. The molecule has 1 heterocycles. The fraction of sp³-hybridized carbons (Fsp3) is 0.0714. The molecule has 20 heavy (non-hydrogen) atoms. The van der Waals surface area contributed by atoms with Gasteiger partial charge in [0.05, 0.1) is 16.7 Å². The van der Waals surface area contributed by atoms with Gasteiger partial charge >= 0.3 is 0 Å². The topological polar surface area (TPSA) is 64.1 Å². The largest absolute Gasteiger partial charge is 0.399 e. The fourth-order valence-corrected chi connectivity index (χ4v) is 2.72. The summed E-state index contributed by atoms with van der Waals surface area (Å²) in [5.74, 6) is 0.504. The quantitative estimate of drug-likeness (QED) is 0.713. The summed E-state index contributed by atoms with van der Waals surface area (Å²) in [6.45, 7) is -0.196. The molecule has 3 aromatic rings. The summed E-state index contributed by atoms with van der Waals surface area (Å²) in [6.07, 6.45) is 0. The third-order valence-corrected chi connectivity index (χ3v) is 3.43. The van der Waals surface area contributed by atoms with Crippen LogP contribution in [0.2, 0.25) is 10.0 Å². The molecule has 0 unspecified atom stereocenters. The van der Waals surface area contributed by atoms with E-state index in [0.717, 1.165) is 11.2 Å². The molecule has 2 aromatic carbocycles. The maximum absolute atomic E-state index is 9.51. The van der Waals surface area contributed by atoms with Crippen molar-refractivity contribution < 1.29 is 5.11 Å². The van der Waals surface area contributed by atoms with E-state index in [2.05, 4.69) is 4.98 Å². The van der Waals surface area contributed by atoms with Crippen molar-refractivity contribution in [2.45, 2.75) is 6.61 Å². The molecule has 0 fully saturated rings. The van der Waals surface area contributed by atoms with E-state index < -0.39 is 0 Å². The van der Waals surface area contributed by atoms with Crippen LogP contribution < -0.4 is 5.73 Å². The molecule has 0 aliphatic carbocycles. The van der Waals surface area contributed by atoms with Crippen LogP contribution in [0.4, 0.5) is 5.69 Å². The van der Waals surface area contributed by atoms with Gasteiger partial charge in [0.2, 0.25) is 0 Å². The summed E-state index contributed by atoms with van der Waals surface area (Å²) in [4.78, 5) is 4.37. The van der Waals surface area contributed by atoms with Crippen molar-refractivity contribution >= 4 is 39.9 Å². The zero-order valence-corrected chi connectivity index (χ0v) is 11.9. The Balaban J connectivity index is 2.33. The van der Waals surface area contributed by atoms with Crippen LogP contribution in [-0.2, 0) is 6.61 Å². The molecule has 0 radical (unpaired) electrons. The summed E-state index contributed by atoms with van der Waals surface area (Å²) in [6, 6.07) is 10.6. The molecule has 102 valence electrons. The maximum Gasteiger partial charge on any atom is 0.140 e. The van der Waals surface area contributed by atoms with E-state index in [-0.39, 0.29) is 6.61 Å². The zero-order chi connectivity index (χ0) is 14.3. The number of fused-ring (bicyclic) bond motifs is 1. The summed E-state index contributed by atoms with van der Waals surface area (Å²) < 4.78 is 1.81. The Morgan fingerprint density at radius 3 is 2.45 bits per heavy atom. The predicted octanol–water partition coefficient (Wildman–Crippen LogP) is 3.41. The first kappa shape index (κ1) is 13.2. The van der Waals surface area contributed by atoms with Gasteiger partial charge < -0.3 is 10.8 Å². The summed E-state index contributed by atoms with van der Waals surface area (Å²) >= 11 is 12.1. The molecule has 0 spiro atoms. The molecule has 0 atom stereocenters. The van der Waals surface area contributed by atoms with Crippen LogP contribution in [0, 0.1) is 0 Å². The van der Waals surface area contributed by atoms with E-state index in [0.29, 0.717) is 27.1 Å². The minimum absolute atomic E-state index is 0.196. The van der Waals surface area contributed by atoms with Gasteiger partial charge in [0.15, 0.2) is 0 Å². The molecule has 0 bridgehead atoms. The summed E-state index contributed by atoms with van der Waals surface area (Å²) in [5, 5.41) is 10.6. The van der Waals surface area contributed by atoms with Crippen molar-refractivity contribution in [1.29, 1.82) is 0 Å². The average molecular weight is 308 g/mol. The second kappa shape index (κ2) is 4.98. The lowest BCUT2D eigenvalue weighted by Crippen LogP contribution is -2.01.